The summed E-state index contributed by atoms with van der Waals surface area (Å²) in [6.07, 6.45) is 0. The summed E-state index contributed by atoms with van der Waals surface area (Å²) in [5, 5.41) is 32.2. The Labute approximate surface area is 104 Å². The normalized spacial score (nSPS) is 13.8. The molecule has 7 nitrogen and oxygen atoms in total. The minimum absolute atomic E-state index is 0.0164. The van der Waals surface area contributed by atoms with Crippen molar-refractivity contribution in [2.24, 2.45) is 0 Å². The van der Waals surface area contributed by atoms with Gasteiger partial charge in [-0.2, -0.15) is 0 Å². The van der Waals surface area contributed by atoms with Gasteiger partial charge in [-0.1, -0.05) is 6.07 Å². The first-order valence-electron chi connectivity index (χ1n) is 5.30. The molecular weight excluding hydrogens is 240 g/mol. The van der Waals surface area contributed by atoms with Crippen LogP contribution in [0.25, 0.3) is 0 Å². The van der Waals surface area contributed by atoms with Crippen molar-refractivity contribution in [3.8, 4) is 5.75 Å². The molecule has 1 atom stereocenters. The van der Waals surface area contributed by atoms with Crippen LogP contribution < -0.4 is 10.1 Å². The van der Waals surface area contributed by atoms with Gasteiger partial charge in [0, 0.05) is 6.54 Å². The number of nitrogens with one attached hydrogen (secondary N) is 1. The van der Waals surface area contributed by atoms with E-state index in [1.807, 2.05) is 0 Å². The number of nitro benzene ring substituents is 1. The van der Waals surface area contributed by atoms with E-state index in [-0.39, 0.29) is 23.7 Å². The van der Waals surface area contributed by atoms with E-state index in [1.165, 1.54) is 26.2 Å². The number of benzene rings is 1. The summed E-state index contributed by atoms with van der Waals surface area (Å²) in [7, 11) is 1.34. The zero-order valence-corrected chi connectivity index (χ0v) is 10.2. The maximum Gasteiger partial charge on any atom is 0.333 e. The fourth-order valence-electron chi connectivity index (χ4n) is 1.36. The number of ether oxygens (including phenoxy) is 1. The highest BCUT2D eigenvalue weighted by atomic mass is 16.6. The molecule has 3 N–H and O–H groups in total. The van der Waals surface area contributed by atoms with Crippen LogP contribution in [0, 0.1) is 10.1 Å². The molecular formula is C11H16N2O5. The van der Waals surface area contributed by atoms with E-state index < -0.39 is 17.1 Å². The largest absolute Gasteiger partial charge is 0.490 e. The average molecular weight is 256 g/mol. The number of methoxy groups -OCH3 is 1. The molecule has 0 aliphatic rings. The first-order valence-corrected chi connectivity index (χ1v) is 5.30. The predicted molar refractivity (Wildman–Crippen MR) is 65.8 cm³/mol. The molecule has 100 valence electrons. The fraction of sp³-hybridized carbons (Fsp3) is 0.455. The quantitative estimate of drug-likeness (QED) is 0.512. The van der Waals surface area contributed by atoms with Crippen molar-refractivity contribution in [1.82, 2.24) is 0 Å². The minimum atomic E-state index is -1.35. The highest BCUT2D eigenvalue weighted by Gasteiger charge is 2.24. The molecule has 0 saturated carbocycles. The van der Waals surface area contributed by atoms with Crippen molar-refractivity contribution < 1.29 is 19.9 Å². The van der Waals surface area contributed by atoms with Gasteiger partial charge in [0.2, 0.25) is 0 Å². The van der Waals surface area contributed by atoms with Crippen molar-refractivity contribution in [2.75, 3.05) is 25.6 Å². The molecule has 0 heterocycles. The van der Waals surface area contributed by atoms with E-state index in [9.17, 15) is 15.2 Å². The first-order chi connectivity index (χ1) is 8.41. The minimum Gasteiger partial charge on any atom is -0.490 e. The smallest absolute Gasteiger partial charge is 0.333 e. The molecule has 1 aromatic carbocycles. The molecule has 0 fully saturated rings. The van der Waals surface area contributed by atoms with Gasteiger partial charge < -0.3 is 20.3 Å². The van der Waals surface area contributed by atoms with E-state index in [4.69, 9.17) is 9.84 Å². The van der Waals surface area contributed by atoms with Crippen molar-refractivity contribution in [3.63, 3.8) is 0 Å². The molecule has 1 unspecified atom stereocenters. The van der Waals surface area contributed by atoms with E-state index in [1.54, 1.807) is 6.07 Å². The van der Waals surface area contributed by atoms with Crippen LogP contribution in [0.1, 0.15) is 6.92 Å². The summed E-state index contributed by atoms with van der Waals surface area (Å²) in [5.74, 6) is 0.133. The van der Waals surface area contributed by atoms with Crippen molar-refractivity contribution in [1.29, 1.82) is 0 Å². The summed E-state index contributed by atoms with van der Waals surface area (Å²) in [6, 6.07) is 4.59. The number of nitro groups is 1. The van der Waals surface area contributed by atoms with Crippen molar-refractivity contribution in [2.45, 2.75) is 12.5 Å². The average Bonchev–Trinajstić information content (AvgIpc) is 2.35. The Kier molecular flexibility index (Phi) is 4.46. The maximum absolute atomic E-state index is 11.0. The molecule has 18 heavy (non-hydrogen) atoms. The highest BCUT2D eigenvalue weighted by molar-refractivity contribution is 5.68. The van der Waals surface area contributed by atoms with Crippen LogP contribution in [0.15, 0.2) is 18.2 Å². The lowest BCUT2D eigenvalue weighted by molar-refractivity contribution is -0.384. The third kappa shape index (κ3) is 3.31. The highest BCUT2D eigenvalue weighted by Crippen LogP contribution is 2.34. The molecule has 1 rings (SSSR count). The summed E-state index contributed by atoms with van der Waals surface area (Å²) in [6.45, 7) is 0.960. The van der Waals surface area contributed by atoms with E-state index >= 15 is 0 Å². The van der Waals surface area contributed by atoms with Crippen LogP contribution in [0.4, 0.5) is 11.4 Å². The van der Waals surface area contributed by atoms with Gasteiger partial charge in [0.25, 0.3) is 0 Å². The number of rotatable bonds is 6. The van der Waals surface area contributed by atoms with E-state index in [0.717, 1.165) is 0 Å². The number of aliphatic hydroxyl groups is 2. The van der Waals surface area contributed by atoms with E-state index in [2.05, 4.69) is 5.32 Å². The summed E-state index contributed by atoms with van der Waals surface area (Å²) < 4.78 is 4.91. The van der Waals surface area contributed by atoms with Crippen molar-refractivity contribution >= 4 is 11.4 Å². The summed E-state index contributed by atoms with van der Waals surface area (Å²) >= 11 is 0. The molecule has 0 saturated heterocycles. The van der Waals surface area contributed by atoms with Crippen LogP contribution in [-0.4, -0.2) is 41.0 Å². The van der Waals surface area contributed by atoms with Crippen LogP contribution in [-0.2, 0) is 0 Å². The Hall–Kier alpha value is -1.86. The van der Waals surface area contributed by atoms with Gasteiger partial charge in [0.15, 0.2) is 5.75 Å². The van der Waals surface area contributed by atoms with Crippen LogP contribution in [0.2, 0.25) is 0 Å². The number of hydrogen-bond donors (Lipinski definition) is 3. The molecule has 1 aromatic rings. The Morgan fingerprint density at radius 2 is 2.22 bits per heavy atom. The standard InChI is InChI=1S/C11H16N2O5/c1-11(15,7-14)6-12-8-4-3-5-9(18-2)10(8)13(16)17/h3-5,12,14-15H,6-7H2,1-2H3. The van der Waals surface area contributed by atoms with Crippen LogP contribution in [0.5, 0.6) is 5.75 Å². The molecule has 0 radical (unpaired) electrons. The lowest BCUT2D eigenvalue weighted by atomic mass is 10.1. The summed E-state index contributed by atoms with van der Waals surface area (Å²) in [4.78, 5) is 10.4. The van der Waals surface area contributed by atoms with Gasteiger partial charge in [-0.15, -0.1) is 0 Å². The molecule has 0 aliphatic carbocycles. The lowest BCUT2D eigenvalue weighted by Gasteiger charge is -2.21. The lowest BCUT2D eigenvalue weighted by Crippen LogP contribution is -2.37. The number of hydrogen-bond acceptors (Lipinski definition) is 6. The molecule has 0 bridgehead atoms. The molecule has 7 heteroatoms. The molecule has 0 aliphatic heterocycles. The molecule has 0 amide bonds. The number of aliphatic hydroxyl groups excluding tert-OH is 1. The second kappa shape index (κ2) is 5.65. The molecule has 0 aromatic heterocycles. The van der Waals surface area contributed by atoms with Gasteiger partial charge >= 0.3 is 5.69 Å². The fourth-order valence-corrected chi connectivity index (χ4v) is 1.36. The Bertz CT molecular complexity index is 433. The Morgan fingerprint density at radius 3 is 2.72 bits per heavy atom. The van der Waals surface area contributed by atoms with Gasteiger partial charge in [-0.3, -0.25) is 10.1 Å². The monoisotopic (exact) mass is 256 g/mol. The second-order valence-corrected chi connectivity index (χ2v) is 4.12. The SMILES string of the molecule is COc1cccc(NCC(C)(O)CO)c1[N+](=O)[O-]. The predicted octanol–water partition coefficient (Wildman–Crippen LogP) is 0.759. The Balaban J connectivity index is 2.99. The van der Waals surface area contributed by atoms with Gasteiger partial charge in [-0.25, -0.2) is 0 Å². The molecule has 0 spiro atoms. The number of anilines is 1. The van der Waals surface area contributed by atoms with Crippen LogP contribution in [0.3, 0.4) is 0 Å². The zero-order chi connectivity index (χ0) is 13.8. The zero-order valence-electron chi connectivity index (χ0n) is 10.2. The van der Waals surface area contributed by atoms with Crippen LogP contribution >= 0.6 is 0 Å². The van der Waals surface area contributed by atoms with Gasteiger partial charge in [0.1, 0.15) is 11.3 Å². The Morgan fingerprint density at radius 1 is 1.56 bits per heavy atom. The second-order valence-electron chi connectivity index (χ2n) is 4.12. The third-order valence-electron chi connectivity index (χ3n) is 2.40. The number of para-hydroxylation sites is 1. The topological polar surface area (TPSA) is 105 Å². The first kappa shape index (κ1) is 14.2. The summed E-state index contributed by atoms with van der Waals surface area (Å²) in [5.41, 5.74) is -1.32. The van der Waals surface area contributed by atoms with Gasteiger partial charge in [0.05, 0.1) is 18.6 Å². The number of nitrogens with zero attached hydrogens (tertiary/aromatic N) is 1. The van der Waals surface area contributed by atoms with Crippen molar-refractivity contribution in [3.05, 3.63) is 28.3 Å². The maximum atomic E-state index is 11.0. The van der Waals surface area contributed by atoms with Gasteiger partial charge in [-0.05, 0) is 19.1 Å². The third-order valence-corrected chi connectivity index (χ3v) is 2.40. The van der Waals surface area contributed by atoms with E-state index in [0.29, 0.717) is 0 Å².